The number of aliphatic hydroxyl groups is 1. The van der Waals surface area contributed by atoms with Crippen molar-refractivity contribution in [2.75, 3.05) is 7.11 Å². The van der Waals surface area contributed by atoms with Gasteiger partial charge in [-0.05, 0) is 24.6 Å². The maximum Gasteiger partial charge on any atom is 0.123 e. The van der Waals surface area contributed by atoms with Gasteiger partial charge in [0.25, 0.3) is 0 Å². The molecule has 0 fully saturated rings. The van der Waals surface area contributed by atoms with Gasteiger partial charge in [0.15, 0.2) is 0 Å². The number of hydrogen-bond acceptors (Lipinski definition) is 3. The molecule has 76 valence electrons. The van der Waals surface area contributed by atoms with Gasteiger partial charge in [0, 0.05) is 6.42 Å². The summed E-state index contributed by atoms with van der Waals surface area (Å²) < 4.78 is 4.99. The molecule has 0 saturated carbocycles. The number of aldehydes is 1. The number of rotatable bonds is 4. The monoisotopic (exact) mass is 194 g/mol. The van der Waals surface area contributed by atoms with Crippen LogP contribution in [0.15, 0.2) is 24.3 Å². The van der Waals surface area contributed by atoms with Gasteiger partial charge in [-0.25, -0.2) is 0 Å². The second-order valence-electron chi connectivity index (χ2n) is 3.37. The largest absolute Gasteiger partial charge is 0.497 e. The second kappa shape index (κ2) is 4.24. The lowest BCUT2D eigenvalue weighted by molar-refractivity contribution is -0.112. The Labute approximate surface area is 83.3 Å². The first-order valence-electron chi connectivity index (χ1n) is 4.40. The van der Waals surface area contributed by atoms with Crippen LogP contribution in [-0.4, -0.2) is 18.5 Å². The molecule has 0 aliphatic heterocycles. The Morgan fingerprint density at radius 2 is 2.00 bits per heavy atom. The first-order chi connectivity index (χ1) is 6.60. The second-order valence-corrected chi connectivity index (χ2v) is 3.37. The number of ether oxygens (including phenoxy) is 1. The number of hydrogen-bond donors (Lipinski definition) is 1. The average Bonchev–Trinajstić information content (AvgIpc) is 2.18. The van der Waals surface area contributed by atoms with Crippen molar-refractivity contribution in [1.29, 1.82) is 0 Å². The minimum atomic E-state index is -1.09. The summed E-state index contributed by atoms with van der Waals surface area (Å²) >= 11 is 0. The summed E-state index contributed by atoms with van der Waals surface area (Å²) in [7, 11) is 1.58. The van der Waals surface area contributed by atoms with Gasteiger partial charge < -0.3 is 14.6 Å². The maximum atomic E-state index is 10.3. The number of benzene rings is 1. The van der Waals surface area contributed by atoms with E-state index in [-0.39, 0.29) is 6.42 Å². The average molecular weight is 194 g/mol. The molecule has 1 aromatic rings. The molecule has 3 heteroatoms. The van der Waals surface area contributed by atoms with Gasteiger partial charge in [-0.1, -0.05) is 12.1 Å². The third-order valence-electron chi connectivity index (χ3n) is 2.19. The van der Waals surface area contributed by atoms with Crippen molar-refractivity contribution >= 4 is 6.29 Å². The predicted molar refractivity (Wildman–Crippen MR) is 53.2 cm³/mol. The Balaban J connectivity index is 2.90. The molecular weight excluding hydrogens is 180 g/mol. The summed E-state index contributed by atoms with van der Waals surface area (Å²) in [6.07, 6.45) is 0.809. The zero-order valence-corrected chi connectivity index (χ0v) is 8.36. The van der Waals surface area contributed by atoms with Gasteiger partial charge in [0.05, 0.1) is 12.7 Å². The quantitative estimate of drug-likeness (QED) is 0.739. The lowest BCUT2D eigenvalue weighted by Gasteiger charge is -2.21. The molecule has 0 amide bonds. The topological polar surface area (TPSA) is 46.5 Å². The van der Waals surface area contributed by atoms with Crippen LogP contribution in [0.2, 0.25) is 0 Å². The molecule has 0 aromatic heterocycles. The van der Waals surface area contributed by atoms with Crippen LogP contribution in [0, 0.1) is 0 Å². The first kappa shape index (κ1) is 10.7. The number of methoxy groups -OCH3 is 1. The van der Waals surface area contributed by atoms with Crippen molar-refractivity contribution in [1.82, 2.24) is 0 Å². The zero-order valence-electron chi connectivity index (χ0n) is 8.36. The molecule has 0 spiro atoms. The van der Waals surface area contributed by atoms with E-state index in [4.69, 9.17) is 4.74 Å². The van der Waals surface area contributed by atoms with E-state index in [1.165, 1.54) is 0 Å². The molecule has 1 aromatic carbocycles. The molecule has 0 heterocycles. The fraction of sp³-hybridized carbons (Fsp3) is 0.364. The Kier molecular flexibility index (Phi) is 3.25. The smallest absolute Gasteiger partial charge is 0.123 e. The Bertz CT molecular complexity index is 301. The lowest BCUT2D eigenvalue weighted by atomic mass is 9.93. The van der Waals surface area contributed by atoms with Crippen molar-refractivity contribution in [3.8, 4) is 5.75 Å². The van der Waals surface area contributed by atoms with Crippen LogP contribution in [0.5, 0.6) is 5.75 Å². The van der Waals surface area contributed by atoms with Crippen LogP contribution in [-0.2, 0) is 10.4 Å². The standard InChI is InChI=1S/C11H14O3/c1-11(13,7-8-12)9-3-5-10(14-2)6-4-9/h3-6,8,13H,7H2,1-2H3. The van der Waals surface area contributed by atoms with Crippen molar-refractivity contribution in [2.45, 2.75) is 18.9 Å². The van der Waals surface area contributed by atoms with E-state index >= 15 is 0 Å². The highest BCUT2D eigenvalue weighted by Crippen LogP contribution is 2.25. The molecule has 0 aliphatic rings. The Morgan fingerprint density at radius 3 is 2.43 bits per heavy atom. The molecule has 1 rings (SSSR count). The molecule has 0 bridgehead atoms. The van der Waals surface area contributed by atoms with Crippen molar-refractivity contribution in [3.63, 3.8) is 0 Å². The van der Waals surface area contributed by atoms with Crippen molar-refractivity contribution < 1.29 is 14.6 Å². The zero-order chi connectivity index (χ0) is 10.6. The van der Waals surface area contributed by atoms with Crippen LogP contribution < -0.4 is 4.74 Å². The van der Waals surface area contributed by atoms with Gasteiger partial charge in [-0.15, -0.1) is 0 Å². The fourth-order valence-corrected chi connectivity index (χ4v) is 1.23. The van der Waals surface area contributed by atoms with Crippen molar-refractivity contribution in [2.24, 2.45) is 0 Å². The molecule has 3 nitrogen and oxygen atoms in total. The van der Waals surface area contributed by atoms with Gasteiger partial charge in [0.1, 0.15) is 12.0 Å². The van der Waals surface area contributed by atoms with E-state index in [1.807, 2.05) is 0 Å². The molecule has 14 heavy (non-hydrogen) atoms. The third kappa shape index (κ3) is 2.33. The highest BCUT2D eigenvalue weighted by molar-refractivity contribution is 5.52. The van der Waals surface area contributed by atoms with Gasteiger partial charge in [0.2, 0.25) is 0 Å². The molecule has 1 unspecified atom stereocenters. The normalized spacial score (nSPS) is 14.5. The molecule has 1 N–H and O–H groups in total. The Hall–Kier alpha value is -1.35. The highest BCUT2D eigenvalue weighted by atomic mass is 16.5. The molecule has 0 radical (unpaired) electrons. The summed E-state index contributed by atoms with van der Waals surface area (Å²) in [5.41, 5.74) is -0.376. The number of carbonyl (C=O) groups excluding carboxylic acids is 1. The summed E-state index contributed by atoms with van der Waals surface area (Å²) in [5, 5.41) is 9.88. The van der Waals surface area contributed by atoms with Crippen LogP contribution in [0.1, 0.15) is 18.9 Å². The SMILES string of the molecule is COc1ccc(C(C)(O)CC=O)cc1. The predicted octanol–water partition coefficient (Wildman–Crippen LogP) is 1.49. The maximum absolute atomic E-state index is 10.3. The van der Waals surface area contributed by atoms with E-state index in [2.05, 4.69) is 0 Å². The fourth-order valence-electron chi connectivity index (χ4n) is 1.23. The van der Waals surface area contributed by atoms with Crippen molar-refractivity contribution in [3.05, 3.63) is 29.8 Å². The van der Waals surface area contributed by atoms with E-state index in [1.54, 1.807) is 38.3 Å². The minimum absolute atomic E-state index is 0.0966. The molecule has 1 atom stereocenters. The molecule has 0 saturated heterocycles. The molecular formula is C11H14O3. The van der Waals surface area contributed by atoms with E-state index in [0.717, 1.165) is 5.75 Å². The minimum Gasteiger partial charge on any atom is -0.497 e. The molecule has 0 aliphatic carbocycles. The van der Waals surface area contributed by atoms with Gasteiger partial charge in [-0.3, -0.25) is 0 Å². The lowest BCUT2D eigenvalue weighted by Crippen LogP contribution is -2.21. The van der Waals surface area contributed by atoms with E-state index < -0.39 is 5.60 Å². The van der Waals surface area contributed by atoms with Crippen LogP contribution >= 0.6 is 0 Å². The number of carbonyl (C=O) groups is 1. The van der Waals surface area contributed by atoms with E-state index in [9.17, 15) is 9.90 Å². The first-order valence-corrected chi connectivity index (χ1v) is 4.40. The summed E-state index contributed by atoms with van der Waals surface area (Å²) in [6.45, 7) is 1.61. The summed E-state index contributed by atoms with van der Waals surface area (Å²) in [4.78, 5) is 10.3. The van der Waals surface area contributed by atoms with Crippen LogP contribution in [0.25, 0.3) is 0 Å². The Morgan fingerprint density at radius 1 is 1.43 bits per heavy atom. The van der Waals surface area contributed by atoms with Gasteiger partial charge >= 0.3 is 0 Å². The third-order valence-corrected chi connectivity index (χ3v) is 2.19. The van der Waals surface area contributed by atoms with E-state index in [0.29, 0.717) is 11.8 Å². The highest BCUT2D eigenvalue weighted by Gasteiger charge is 2.21. The van der Waals surface area contributed by atoms with Gasteiger partial charge in [-0.2, -0.15) is 0 Å². The summed E-state index contributed by atoms with van der Waals surface area (Å²) in [5.74, 6) is 0.732. The van der Waals surface area contributed by atoms with Crippen LogP contribution in [0.3, 0.4) is 0 Å². The summed E-state index contributed by atoms with van der Waals surface area (Å²) in [6, 6.07) is 7.02. The van der Waals surface area contributed by atoms with Crippen LogP contribution in [0.4, 0.5) is 0 Å².